The second-order valence-corrected chi connectivity index (χ2v) is 19.1. The number of nitrogens with zero attached hydrogens (tertiary/aromatic N) is 5. The van der Waals surface area contributed by atoms with Crippen LogP contribution in [0.5, 0.6) is 0 Å². The van der Waals surface area contributed by atoms with Crippen LogP contribution in [0.3, 0.4) is 0 Å². The summed E-state index contributed by atoms with van der Waals surface area (Å²) in [6.07, 6.45) is 5.40. The molecule has 4 amide bonds. The van der Waals surface area contributed by atoms with Gasteiger partial charge in [-0.05, 0) is 97.5 Å². The van der Waals surface area contributed by atoms with Crippen LogP contribution in [0.4, 0.5) is 0 Å². The second kappa shape index (κ2) is 21.6. The molecule has 0 radical (unpaired) electrons. The number of fused-ring (bicyclic) bond motifs is 1. The minimum atomic E-state index is -0.927. The van der Waals surface area contributed by atoms with Crippen LogP contribution in [0, 0.1) is 23.2 Å². The molecule has 0 aliphatic carbocycles. The van der Waals surface area contributed by atoms with Crippen LogP contribution in [0.15, 0.2) is 73.4 Å². The van der Waals surface area contributed by atoms with Crippen molar-refractivity contribution in [3.05, 3.63) is 90.3 Å². The van der Waals surface area contributed by atoms with E-state index in [9.17, 15) is 24.0 Å². The van der Waals surface area contributed by atoms with Gasteiger partial charge in [0.05, 0.1) is 30.0 Å². The number of ether oxygens (including phenoxy) is 2. The summed E-state index contributed by atoms with van der Waals surface area (Å²) in [5.74, 6) is -1.93. The molecule has 14 nitrogen and oxygen atoms in total. The minimum absolute atomic E-state index is 0.0963. The summed E-state index contributed by atoms with van der Waals surface area (Å²) in [5, 5.41) is 5.78. The van der Waals surface area contributed by atoms with Gasteiger partial charge in [0.2, 0.25) is 17.7 Å². The van der Waals surface area contributed by atoms with Crippen LogP contribution in [0.2, 0.25) is 0 Å². The van der Waals surface area contributed by atoms with Crippen molar-refractivity contribution < 1.29 is 33.4 Å². The molecule has 2 fully saturated rings. The first-order chi connectivity index (χ1) is 31.5. The number of aromatic nitrogens is 2. The lowest BCUT2D eigenvalue weighted by molar-refractivity contribution is -0.146. The van der Waals surface area contributed by atoms with E-state index in [4.69, 9.17) is 14.5 Å². The largest absolute Gasteiger partial charge is 0.467 e. The molecule has 66 heavy (non-hydrogen) atoms. The van der Waals surface area contributed by atoms with Crippen molar-refractivity contribution in [3.63, 3.8) is 0 Å². The number of carbonyl (C=O) groups excluding carboxylic acids is 5. The number of benzene rings is 2. The van der Waals surface area contributed by atoms with E-state index in [-0.39, 0.29) is 55.2 Å². The fourth-order valence-corrected chi connectivity index (χ4v) is 9.82. The normalized spacial score (nSPS) is 17.9. The second-order valence-electron chi connectivity index (χ2n) is 19.1. The molecule has 5 unspecified atom stereocenters. The van der Waals surface area contributed by atoms with E-state index in [1.54, 1.807) is 30.3 Å². The van der Waals surface area contributed by atoms with Gasteiger partial charge in [0.25, 0.3) is 12.4 Å². The Labute approximate surface area is 390 Å². The molecule has 6 rings (SSSR count). The molecule has 4 heterocycles. The van der Waals surface area contributed by atoms with Gasteiger partial charge >= 0.3 is 0 Å². The summed E-state index contributed by atoms with van der Waals surface area (Å²) in [6.45, 7) is 20.9. The number of hydrogen-bond donors (Lipinski definition) is 2. The number of methoxy groups -OCH3 is 1. The van der Waals surface area contributed by atoms with Gasteiger partial charge in [-0.3, -0.25) is 34.0 Å². The Kier molecular flexibility index (Phi) is 16.2. The molecule has 2 N–H and O–H groups in total. The number of hydrazine groups is 1. The lowest BCUT2D eigenvalue weighted by Crippen LogP contribution is -2.60. The zero-order chi connectivity index (χ0) is 47.9. The molecule has 2 aromatic carbocycles. The van der Waals surface area contributed by atoms with Gasteiger partial charge in [-0.1, -0.05) is 71.5 Å². The Morgan fingerprint density at radius 2 is 1.80 bits per heavy atom. The molecule has 5 atom stereocenters. The van der Waals surface area contributed by atoms with Crippen molar-refractivity contribution >= 4 is 41.0 Å². The van der Waals surface area contributed by atoms with Gasteiger partial charge in [0, 0.05) is 81.4 Å². The molecule has 4 aromatic rings. The van der Waals surface area contributed by atoms with Crippen LogP contribution in [-0.2, 0) is 52.8 Å². The Balaban J connectivity index is 1.36. The van der Waals surface area contributed by atoms with Crippen LogP contribution in [-0.4, -0.2) is 113 Å². The first-order valence-corrected chi connectivity index (χ1v) is 23.3. The summed E-state index contributed by atoms with van der Waals surface area (Å²) in [5.41, 5.74) is 10.6. The average Bonchev–Trinajstić information content (AvgIpc) is 3.86. The maximum Gasteiger partial charge on any atom is 0.293 e. The summed E-state index contributed by atoms with van der Waals surface area (Å²) >= 11 is 0. The summed E-state index contributed by atoms with van der Waals surface area (Å²) in [4.78, 5) is 74.6. The van der Waals surface area contributed by atoms with Crippen molar-refractivity contribution in [3.8, 4) is 22.4 Å². The lowest BCUT2D eigenvalue weighted by Gasteiger charge is -2.35. The van der Waals surface area contributed by atoms with E-state index in [1.165, 1.54) is 11.0 Å². The van der Waals surface area contributed by atoms with E-state index in [2.05, 4.69) is 73.0 Å². The topological polar surface area (TPSA) is 155 Å². The number of nitrogens with one attached hydrogen (secondary N) is 2. The highest BCUT2D eigenvalue weighted by Gasteiger charge is 2.42. The quantitative estimate of drug-likeness (QED) is 0.0768. The number of likely N-dealkylation sites (N-methyl/N-ethyl adjacent to an activating group) is 1. The van der Waals surface area contributed by atoms with E-state index in [0.29, 0.717) is 39.1 Å². The monoisotopic (exact) mass is 904 g/mol. The smallest absolute Gasteiger partial charge is 0.293 e. The highest BCUT2D eigenvalue weighted by atomic mass is 16.5. The zero-order valence-corrected chi connectivity index (χ0v) is 40.3. The van der Waals surface area contributed by atoms with Crippen molar-refractivity contribution in [2.75, 3.05) is 46.9 Å². The molecule has 2 saturated heterocycles. The van der Waals surface area contributed by atoms with Crippen LogP contribution in [0.25, 0.3) is 33.3 Å². The Bertz CT molecular complexity index is 2400. The molecule has 0 spiro atoms. The third kappa shape index (κ3) is 10.9. The van der Waals surface area contributed by atoms with Crippen LogP contribution < -0.4 is 10.7 Å². The number of likely N-dealkylation sites (tertiary alicyclic amines) is 1. The van der Waals surface area contributed by atoms with Gasteiger partial charge in [-0.2, -0.15) is 0 Å². The molecule has 0 saturated carbocycles. The lowest BCUT2D eigenvalue weighted by atomic mass is 9.84. The van der Waals surface area contributed by atoms with E-state index in [1.807, 2.05) is 52.0 Å². The molecule has 2 aromatic heterocycles. The molecule has 14 heteroatoms. The number of hydrogen-bond acceptors (Lipinski definition) is 9. The summed E-state index contributed by atoms with van der Waals surface area (Å²) in [6, 6.07) is 16.8. The van der Waals surface area contributed by atoms with Gasteiger partial charge in [-0.25, -0.2) is 5.43 Å². The molecule has 2 aliphatic rings. The standard InChI is InChI=1S/C52H69N7O7/c1-11-45(61)57-29-34(5)42(30-57)50(63)56(9)47(33(3)4)49(62)55-43(51(64)59-24-14-13-23-54-59)26-36-17-15-18-37(25-36)38-20-21-44-40(27-38)41(28-52(7,8)31-66-32-60)48(58(44)12-2)39-19-16-22-53-46(39)35(6)65-10/h11,15-22,25,27,32-35,42-43,47,54H,1,12-14,23-24,26,28-31H2,2-10H3,(H,55,62). The third-order valence-electron chi connectivity index (χ3n) is 13.3. The van der Waals surface area contributed by atoms with Crippen LogP contribution in [0.1, 0.15) is 84.2 Å². The fraction of sp³-hybridized carbons (Fsp3) is 0.500. The number of pyridine rings is 1. The molecular formula is C52H69N7O7. The summed E-state index contributed by atoms with van der Waals surface area (Å²) < 4.78 is 13.4. The minimum Gasteiger partial charge on any atom is -0.467 e. The Morgan fingerprint density at radius 1 is 1.05 bits per heavy atom. The third-order valence-corrected chi connectivity index (χ3v) is 13.3. The van der Waals surface area contributed by atoms with E-state index >= 15 is 0 Å². The summed E-state index contributed by atoms with van der Waals surface area (Å²) in [7, 11) is 3.32. The molecule has 0 bridgehead atoms. The van der Waals surface area contributed by atoms with Crippen molar-refractivity contribution in [1.29, 1.82) is 0 Å². The SMILES string of the molecule is C=CC(=O)N1CC(C)C(C(=O)N(C)C(C(=O)NC(Cc2cccc(-c3ccc4c(c3)c(CC(C)(C)COC=O)c(-c3cccnc3C(C)OC)n4CC)c2)C(=O)N2CCCCN2)C(C)C)C1. The van der Waals surface area contributed by atoms with Gasteiger partial charge in [0.15, 0.2) is 0 Å². The predicted octanol–water partition coefficient (Wildman–Crippen LogP) is 6.76. The van der Waals surface area contributed by atoms with Crippen molar-refractivity contribution in [2.45, 2.75) is 98.9 Å². The predicted molar refractivity (Wildman–Crippen MR) is 257 cm³/mol. The number of carbonyl (C=O) groups is 5. The van der Waals surface area contributed by atoms with E-state index in [0.717, 1.165) is 62.9 Å². The maximum atomic E-state index is 14.5. The van der Waals surface area contributed by atoms with E-state index < -0.39 is 29.3 Å². The first kappa shape index (κ1) is 49.6. The Hall–Kier alpha value is -5.86. The molecule has 2 aliphatic heterocycles. The highest BCUT2D eigenvalue weighted by molar-refractivity contribution is 5.96. The van der Waals surface area contributed by atoms with Gasteiger partial charge in [-0.15, -0.1) is 0 Å². The first-order valence-electron chi connectivity index (χ1n) is 23.3. The number of amides is 4. The molecule has 354 valence electrons. The highest BCUT2D eigenvalue weighted by Crippen LogP contribution is 2.42. The Morgan fingerprint density at radius 3 is 2.47 bits per heavy atom. The average molecular weight is 904 g/mol. The van der Waals surface area contributed by atoms with Crippen molar-refractivity contribution in [2.24, 2.45) is 23.2 Å². The maximum absolute atomic E-state index is 14.5. The van der Waals surface area contributed by atoms with Gasteiger partial charge < -0.3 is 29.2 Å². The zero-order valence-electron chi connectivity index (χ0n) is 40.3. The van der Waals surface area contributed by atoms with Gasteiger partial charge in [0.1, 0.15) is 12.1 Å². The fourth-order valence-electron chi connectivity index (χ4n) is 9.82. The molecular weight excluding hydrogens is 835 g/mol. The number of aryl methyl sites for hydroxylation is 1. The number of rotatable bonds is 19. The van der Waals surface area contributed by atoms with Crippen LogP contribution >= 0.6 is 0 Å². The van der Waals surface area contributed by atoms with Crippen molar-refractivity contribution in [1.82, 2.24) is 35.1 Å².